The maximum absolute atomic E-state index is 5.39. The lowest BCUT2D eigenvalue weighted by atomic mass is 10.1. The lowest BCUT2D eigenvalue weighted by Crippen LogP contribution is -2.05. The molecular formula is C19H21N3O. The van der Waals surface area contributed by atoms with Gasteiger partial charge in [-0.3, -0.25) is 0 Å². The summed E-state index contributed by atoms with van der Waals surface area (Å²) in [5.74, 6) is 2.45. The standard InChI is InChI=1S/C19H21N3O/c1-12-6-5-7-15(8-12)11-20-19-16-9-13(2)18(23-4)10-17(16)21-14(3)22-19/h5-10H,11H2,1-4H3,(H,20,21,22). The van der Waals surface area contributed by atoms with E-state index in [1.165, 1.54) is 11.1 Å². The summed E-state index contributed by atoms with van der Waals surface area (Å²) in [6.07, 6.45) is 0. The minimum Gasteiger partial charge on any atom is -0.496 e. The van der Waals surface area contributed by atoms with Gasteiger partial charge in [0.05, 0.1) is 12.6 Å². The molecule has 2 aromatic carbocycles. The Morgan fingerprint density at radius 3 is 2.61 bits per heavy atom. The molecule has 0 saturated heterocycles. The third-order valence-electron chi connectivity index (χ3n) is 3.87. The zero-order valence-corrected chi connectivity index (χ0v) is 14.0. The molecule has 0 aliphatic rings. The normalized spacial score (nSPS) is 10.8. The molecule has 0 aliphatic heterocycles. The fourth-order valence-electron chi connectivity index (χ4n) is 2.74. The van der Waals surface area contributed by atoms with Crippen LogP contribution in [-0.2, 0) is 6.54 Å². The number of methoxy groups -OCH3 is 1. The highest BCUT2D eigenvalue weighted by atomic mass is 16.5. The monoisotopic (exact) mass is 307 g/mol. The summed E-state index contributed by atoms with van der Waals surface area (Å²) in [5.41, 5.74) is 4.46. The molecule has 4 nitrogen and oxygen atoms in total. The van der Waals surface area contributed by atoms with Gasteiger partial charge in [-0.2, -0.15) is 0 Å². The molecule has 0 amide bonds. The number of ether oxygens (including phenoxy) is 1. The number of hydrogen-bond donors (Lipinski definition) is 1. The number of benzene rings is 2. The first-order valence-corrected chi connectivity index (χ1v) is 7.69. The van der Waals surface area contributed by atoms with Crippen LogP contribution in [0.4, 0.5) is 5.82 Å². The topological polar surface area (TPSA) is 47.0 Å². The molecule has 3 rings (SSSR count). The first kappa shape index (κ1) is 15.3. The lowest BCUT2D eigenvalue weighted by molar-refractivity contribution is 0.412. The third-order valence-corrected chi connectivity index (χ3v) is 3.87. The highest BCUT2D eigenvalue weighted by Gasteiger charge is 2.09. The van der Waals surface area contributed by atoms with E-state index in [0.717, 1.165) is 40.4 Å². The van der Waals surface area contributed by atoms with E-state index >= 15 is 0 Å². The second kappa shape index (κ2) is 6.24. The van der Waals surface area contributed by atoms with Crippen LogP contribution in [0, 0.1) is 20.8 Å². The van der Waals surface area contributed by atoms with E-state index in [-0.39, 0.29) is 0 Å². The second-order valence-corrected chi connectivity index (χ2v) is 5.80. The van der Waals surface area contributed by atoms with Crippen LogP contribution in [0.25, 0.3) is 10.9 Å². The predicted molar refractivity (Wildman–Crippen MR) is 94.1 cm³/mol. The van der Waals surface area contributed by atoms with E-state index in [1.54, 1.807) is 7.11 Å². The molecule has 0 saturated carbocycles. The second-order valence-electron chi connectivity index (χ2n) is 5.80. The van der Waals surface area contributed by atoms with Crippen molar-refractivity contribution >= 4 is 16.7 Å². The number of rotatable bonds is 4. The highest BCUT2D eigenvalue weighted by molar-refractivity contribution is 5.90. The van der Waals surface area contributed by atoms with E-state index < -0.39 is 0 Å². The number of anilines is 1. The van der Waals surface area contributed by atoms with Gasteiger partial charge in [-0.25, -0.2) is 9.97 Å². The summed E-state index contributed by atoms with van der Waals surface area (Å²) in [6, 6.07) is 12.5. The molecular weight excluding hydrogens is 286 g/mol. The van der Waals surface area contributed by atoms with Crippen LogP contribution in [0.1, 0.15) is 22.5 Å². The predicted octanol–water partition coefficient (Wildman–Crippen LogP) is 4.18. The van der Waals surface area contributed by atoms with E-state index in [4.69, 9.17) is 4.74 Å². The minimum absolute atomic E-state index is 0.734. The molecule has 1 N–H and O–H groups in total. The fraction of sp³-hybridized carbons (Fsp3) is 0.263. The largest absolute Gasteiger partial charge is 0.496 e. The van der Waals surface area contributed by atoms with Crippen molar-refractivity contribution in [3.8, 4) is 5.75 Å². The van der Waals surface area contributed by atoms with Crippen LogP contribution < -0.4 is 10.1 Å². The van der Waals surface area contributed by atoms with Gasteiger partial charge >= 0.3 is 0 Å². The highest BCUT2D eigenvalue weighted by Crippen LogP contribution is 2.28. The molecule has 0 atom stereocenters. The summed E-state index contributed by atoms with van der Waals surface area (Å²) in [6.45, 7) is 6.77. The summed E-state index contributed by atoms with van der Waals surface area (Å²) in [7, 11) is 1.68. The van der Waals surface area contributed by atoms with Crippen molar-refractivity contribution in [3.05, 3.63) is 58.9 Å². The summed E-state index contributed by atoms with van der Waals surface area (Å²) >= 11 is 0. The van der Waals surface area contributed by atoms with Crippen molar-refractivity contribution in [1.82, 2.24) is 9.97 Å². The molecule has 1 heterocycles. The average Bonchev–Trinajstić information content (AvgIpc) is 2.52. The van der Waals surface area contributed by atoms with E-state index in [1.807, 2.05) is 19.9 Å². The SMILES string of the molecule is COc1cc2nc(C)nc(NCc3cccc(C)c3)c2cc1C. The van der Waals surface area contributed by atoms with Crippen LogP contribution in [0.2, 0.25) is 0 Å². The summed E-state index contributed by atoms with van der Waals surface area (Å²) < 4.78 is 5.39. The van der Waals surface area contributed by atoms with Crippen molar-refractivity contribution in [2.45, 2.75) is 27.3 Å². The van der Waals surface area contributed by atoms with Crippen molar-refractivity contribution < 1.29 is 4.74 Å². The van der Waals surface area contributed by atoms with Gasteiger partial charge in [-0.15, -0.1) is 0 Å². The molecule has 0 radical (unpaired) electrons. The van der Waals surface area contributed by atoms with Gasteiger partial charge in [0.15, 0.2) is 0 Å². The summed E-state index contributed by atoms with van der Waals surface area (Å²) in [4.78, 5) is 9.10. The Morgan fingerprint density at radius 1 is 1.04 bits per heavy atom. The smallest absolute Gasteiger partial charge is 0.137 e. The zero-order chi connectivity index (χ0) is 16.4. The van der Waals surface area contributed by atoms with Gasteiger partial charge in [0.2, 0.25) is 0 Å². The Balaban J connectivity index is 1.98. The molecule has 23 heavy (non-hydrogen) atoms. The van der Waals surface area contributed by atoms with Gasteiger partial charge < -0.3 is 10.1 Å². The molecule has 0 aliphatic carbocycles. The lowest BCUT2D eigenvalue weighted by Gasteiger charge is -2.12. The molecule has 0 spiro atoms. The van der Waals surface area contributed by atoms with Crippen LogP contribution in [0.15, 0.2) is 36.4 Å². The molecule has 1 aromatic heterocycles. The molecule has 4 heteroatoms. The van der Waals surface area contributed by atoms with E-state index in [0.29, 0.717) is 0 Å². The molecule has 3 aromatic rings. The van der Waals surface area contributed by atoms with Crippen LogP contribution in [0.3, 0.4) is 0 Å². The van der Waals surface area contributed by atoms with Gasteiger partial charge in [-0.1, -0.05) is 29.8 Å². The fourth-order valence-corrected chi connectivity index (χ4v) is 2.74. The van der Waals surface area contributed by atoms with Crippen molar-refractivity contribution in [2.75, 3.05) is 12.4 Å². The molecule has 0 bridgehead atoms. The Hall–Kier alpha value is -2.62. The van der Waals surface area contributed by atoms with E-state index in [2.05, 4.69) is 52.5 Å². The molecule has 118 valence electrons. The average molecular weight is 307 g/mol. The number of aryl methyl sites for hydroxylation is 3. The van der Waals surface area contributed by atoms with Gasteiger partial charge in [0.25, 0.3) is 0 Å². The number of aromatic nitrogens is 2. The van der Waals surface area contributed by atoms with E-state index in [9.17, 15) is 0 Å². The Kier molecular flexibility index (Phi) is 4.15. The first-order chi connectivity index (χ1) is 11.1. The number of hydrogen-bond acceptors (Lipinski definition) is 4. The number of fused-ring (bicyclic) bond motifs is 1. The van der Waals surface area contributed by atoms with Gasteiger partial charge in [0, 0.05) is 18.0 Å². The molecule has 0 unspecified atom stereocenters. The van der Waals surface area contributed by atoms with Crippen molar-refractivity contribution in [1.29, 1.82) is 0 Å². The summed E-state index contributed by atoms with van der Waals surface area (Å²) in [5, 5.41) is 4.46. The van der Waals surface area contributed by atoms with Gasteiger partial charge in [-0.05, 0) is 38.0 Å². The Bertz CT molecular complexity index is 859. The van der Waals surface area contributed by atoms with Gasteiger partial charge in [0.1, 0.15) is 17.4 Å². The quantitative estimate of drug-likeness (QED) is 0.785. The maximum Gasteiger partial charge on any atom is 0.137 e. The Morgan fingerprint density at radius 2 is 1.87 bits per heavy atom. The van der Waals surface area contributed by atoms with Crippen molar-refractivity contribution in [2.24, 2.45) is 0 Å². The molecule has 0 fully saturated rings. The first-order valence-electron chi connectivity index (χ1n) is 7.69. The number of nitrogens with zero attached hydrogens (tertiary/aromatic N) is 2. The Labute approximate surface area is 136 Å². The third kappa shape index (κ3) is 3.26. The van der Waals surface area contributed by atoms with Crippen LogP contribution in [-0.4, -0.2) is 17.1 Å². The van der Waals surface area contributed by atoms with Crippen molar-refractivity contribution in [3.63, 3.8) is 0 Å². The number of nitrogens with one attached hydrogen (secondary N) is 1. The maximum atomic E-state index is 5.39. The van der Waals surface area contributed by atoms with Crippen LogP contribution in [0.5, 0.6) is 5.75 Å². The zero-order valence-electron chi connectivity index (χ0n) is 14.0. The minimum atomic E-state index is 0.734. The van der Waals surface area contributed by atoms with Crippen LogP contribution >= 0.6 is 0 Å².